The van der Waals surface area contributed by atoms with Gasteiger partial charge in [-0.2, -0.15) is 0 Å². The minimum atomic E-state index is -0.772. The Balaban J connectivity index is 0.000000352. The van der Waals surface area contributed by atoms with Gasteiger partial charge in [-0.05, 0) is 33.3 Å². The van der Waals surface area contributed by atoms with Crippen molar-refractivity contribution in [1.29, 1.82) is 0 Å². The van der Waals surface area contributed by atoms with Crippen molar-refractivity contribution in [1.82, 2.24) is 0 Å². The van der Waals surface area contributed by atoms with Gasteiger partial charge in [-0.1, -0.05) is 91.9 Å². The molecule has 2 atom stereocenters. The second-order valence-electron chi connectivity index (χ2n) is 7.36. The van der Waals surface area contributed by atoms with Crippen molar-refractivity contribution in [2.45, 2.75) is 40.7 Å². The van der Waals surface area contributed by atoms with Crippen molar-refractivity contribution < 1.29 is 14.6 Å². The Labute approximate surface area is 175 Å². The van der Waals surface area contributed by atoms with Gasteiger partial charge in [0.25, 0.3) is 0 Å². The van der Waals surface area contributed by atoms with Gasteiger partial charge in [0, 0.05) is 5.56 Å². The van der Waals surface area contributed by atoms with Crippen molar-refractivity contribution in [3.63, 3.8) is 0 Å². The van der Waals surface area contributed by atoms with E-state index < -0.39 is 12.0 Å². The second kappa shape index (κ2) is 11.1. The van der Waals surface area contributed by atoms with Crippen molar-refractivity contribution >= 4 is 17.1 Å². The first-order valence-electron chi connectivity index (χ1n) is 9.56. The van der Waals surface area contributed by atoms with Crippen LogP contribution in [0, 0.1) is 19.8 Å². The second-order valence-corrected chi connectivity index (χ2v) is 7.36. The van der Waals surface area contributed by atoms with Gasteiger partial charge < -0.3 is 9.84 Å². The average Bonchev–Trinajstić information content (AvgIpc) is 2.66. The molecular weight excluding hydrogens is 360 g/mol. The number of benzene rings is 2. The number of carbonyl (C=O) groups is 1. The van der Waals surface area contributed by atoms with E-state index in [0.717, 1.165) is 16.7 Å². The molecule has 0 amide bonds. The summed E-state index contributed by atoms with van der Waals surface area (Å²) < 4.78 is 5.60. The van der Waals surface area contributed by atoms with Crippen LogP contribution in [-0.4, -0.2) is 17.0 Å². The van der Waals surface area contributed by atoms with Crippen LogP contribution in [0.25, 0.3) is 11.3 Å². The molecule has 2 aromatic rings. The maximum atomic E-state index is 11.6. The van der Waals surface area contributed by atoms with Crippen molar-refractivity contribution in [3.05, 3.63) is 96.3 Å². The molecule has 2 unspecified atom stereocenters. The Hall–Kier alpha value is -3.07. The first-order valence-corrected chi connectivity index (χ1v) is 9.56. The number of ketones is 1. The SMILES string of the molecule is C=C(C)c1ccc(C)cc1.C=C(OC(C(C)=O)C(C)C(=C)O)c1ccc(C)cc1. The molecule has 2 rings (SSSR count). The Kier molecular flexibility index (Phi) is 9.14. The summed E-state index contributed by atoms with van der Waals surface area (Å²) in [6.07, 6.45) is -0.772. The van der Waals surface area contributed by atoms with Crippen molar-refractivity contribution in [3.8, 4) is 0 Å². The first-order chi connectivity index (χ1) is 13.5. The number of aliphatic hydroxyl groups excluding tert-OH is 1. The standard InChI is InChI=1S/C16H20O3.C10H12/c1-10-6-8-15(9-7-10)14(5)19-16(13(4)18)11(2)12(3)17;1-8(2)10-6-4-9(3)5-7-10/h6-9,11,16-17H,3,5H2,1-2,4H3;4-7H,1H2,2-3H3. The highest BCUT2D eigenvalue weighted by Crippen LogP contribution is 2.23. The molecule has 0 aliphatic heterocycles. The molecular formula is C26H32O3. The summed E-state index contributed by atoms with van der Waals surface area (Å²) in [5.74, 6) is -0.305. The molecule has 0 saturated heterocycles. The fourth-order valence-electron chi connectivity index (χ4n) is 2.51. The average molecular weight is 393 g/mol. The molecule has 3 heteroatoms. The molecule has 154 valence electrons. The van der Waals surface area contributed by atoms with Gasteiger partial charge in [-0.3, -0.25) is 4.79 Å². The number of carbonyl (C=O) groups excluding carboxylic acids is 1. The Bertz CT molecular complexity index is 858. The smallest absolute Gasteiger partial charge is 0.170 e. The molecule has 0 saturated carbocycles. The highest BCUT2D eigenvalue weighted by molar-refractivity contribution is 5.82. The van der Waals surface area contributed by atoms with E-state index in [9.17, 15) is 9.90 Å². The number of hydrogen-bond acceptors (Lipinski definition) is 3. The zero-order chi connectivity index (χ0) is 22.1. The first kappa shape index (κ1) is 24.0. The van der Waals surface area contributed by atoms with Gasteiger partial charge in [0.1, 0.15) is 5.76 Å². The van der Waals surface area contributed by atoms with Gasteiger partial charge in [0.15, 0.2) is 11.9 Å². The normalized spacial score (nSPS) is 12.0. The monoisotopic (exact) mass is 392 g/mol. The molecule has 0 heterocycles. The molecule has 0 radical (unpaired) electrons. The van der Waals surface area contributed by atoms with E-state index in [2.05, 4.69) is 50.9 Å². The number of allylic oxidation sites excluding steroid dienone is 1. The summed E-state index contributed by atoms with van der Waals surface area (Å²) in [7, 11) is 0. The molecule has 0 fully saturated rings. The topological polar surface area (TPSA) is 46.5 Å². The van der Waals surface area contributed by atoms with Gasteiger partial charge in [0.2, 0.25) is 0 Å². The molecule has 3 nitrogen and oxygen atoms in total. The molecule has 0 aliphatic carbocycles. The quantitative estimate of drug-likeness (QED) is 0.535. The predicted molar refractivity (Wildman–Crippen MR) is 123 cm³/mol. The summed E-state index contributed by atoms with van der Waals surface area (Å²) in [6, 6.07) is 16.0. The predicted octanol–water partition coefficient (Wildman–Crippen LogP) is 6.68. The van der Waals surface area contributed by atoms with E-state index >= 15 is 0 Å². The Morgan fingerprint density at radius 3 is 1.62 bits per heavy atom. The van der Waals surface area contributed by atoms with E-state index in [1.807, 2.05) is 38.1 Å². The van der Waals surface area contributed by atoms with Crippen LogP contribution in [-0.2, 0) is 9.53 Å². The summed E-state index contributed by atoms with van der Waals surface area (Å²) >= 11 is 0. The summed E-state index contributed by atoms with van der Waals surface area (Å²) in [5.41, 5.74) is 5.60. The fourth-order valence-corrected chi connectivity index (χ4v) is 2.51. The van der Waals surface area contributed by atoms with Crippen LogP contribution in [0.4, 0.5) is 0 Å². The van der Waals surface area contributed by atoms with Crippen LogP contribution >= 0.6 is 0 Å². The lowest BCUT2D eigenvalue weighted by Gasteiger charge is -2.23. The highest BCUT2D eigenvalue weighted by Gasteiger charge is 2.26. The lowest BCUT2D eigenvalue weighted by molar-refractivity contribution is -0.126. The third kappa shape index (κ3) is 7.82. The van der Waals surface area contributed by atoms with Crippen LogP contribution in [0.5, 0.6) is 0 Å². The van der Waals surface area contributed by atoms with Gasteiger partial charge in [0.05, 0.1) is 11.7 Å². The molecule has 0 aromatic heterocycles. The number of aliphatic hydroxyl groups is 1. The number of hydrogen-bond donors (Lipinski definition) is 1. The van der Waals surface area contributed by atoms with Crippen LogP contribution in [0.2, 0.25) is 0 Å². The van der Waals surface area contributed by atoms with E-state index in [0.29, 0.717) is 5.76 Å². The maximum absolute atomic E-state index is 11.6. The van der Waals surface area contributed by atoms with Crippen LogP contribution in [0.15, 0.2) is 74.0 Å². The zero-order valence-corrected chi connectivity index (χ0v) is 18.2. The summed E-state index contributed by atoms with van der Waals surface area (Å²) in [5, 5.41) is 9.40. The number of rotatable bonds is 7. The largest absolute Gasteiger partial charge is 0.512 e. The third-order valence-corrected chi connectivity index (χ3v) is 4.57. The molecule has 29 heavy (non-hydrogen) atoms. The van der Waals surface area contributed by atoms with Gasteiger partial charge in [-0.15, -0.1) is 0 Å². The minimum Gasteiger partial charge on any atom is -0.512 e. The number of aryl methyl sites for hydroxylation is 2. The Morgan fingerprint density at radius 2 is 1.28 bits per heavy atom. The Morgan fingerprint density at radius 1 is 0.862 bits per heavy atom. The number of ether oxygens (including phenoxy) is 1. The van der Waals surface area contributed by atoms with Crippen LogP contribution in [0.1, 0.15) is 43.0 Å². The molecule has 1 N–H and O–H groups in total. The maximum Gasteiger partial charge on any atom is 0.170 e. The fraction of sp³-hybridized carbons (Fsp3) is 0.269. The van der Waals surface area contributed by atoms with E-state index in [-0.39, 0.29) is 11.5 Å². The molecule has 0 bridgehead atoms. The lowest BCUT2D eigenvalue weighted by atomic mass is 10.00. The molecule has 0 spiro atoms. The van der Waals surface area contributed by atoms with E-state index in [1.165, 1.54) is 18.1 Å². The van der Waals surface area contributed by atoms with E-state index in [1.54, 1.807) is 6.92 Å². The minimum absolute atomic E-state index is 0.0723. The van der Waals surface area contributed by atoms with Gasteiger partial charge in [-0.25, -0.2) is 0 Å². The van der Waals surface area contributed by atoms with Crippen molar-refractivity contribution in [2.24, 2.45) is 5.92 Å². The highest BCUT2D eigenvalue weighted by atomic mass is 16.5. The molecule has 0 aliphatic rings. The van der Waals surface area contributed by atoms with Gasteiger partial charge >= 0.3 is 0 Å². The summed E-state index contributed by atoms with van der Waals surface area (Å²) in [4.78, 5) is 11.6. The van der Waals surface area contributed by atoms with Crippen LogP contribution < -0.4 is 0 Å². The third-order valence-electron chi connectivity index (χ3n) is 4.57. The van der Waals surface area contributed by atoms with Crippen molar-refractivity contribution in [2.75, 3.05) is 0 Å². The van der Waals surface area contributed by atoms with Crippen LogP contribution in [0.3, 0.4) is 0 Å². The molecule has 2 aromatic carbocycles. The lowest BCUT2D eigenvalue weighted by Crippen LogP contribution is -2.29. The number of Topliss-reactive ketones (excluding diaryl/α,β-unsaturated/α-hetero) is 1. The van der Waals surface area contributed by atoms with E-state index in [4.69, 9.17) is 4.74 Å². The zero-order valence-electron chi connectivity index (χ0n) is 18.2. The summed E-state index contributed by atoms with van der Waals surface area (Å²) in [6.45, 7) is 20.3.